The van der Waals surface area contributed by atoms with Crippen molar-refractivity contribution in [2.24, 2.45) is 5.92 Å². The Balaban J connectivity index is 1.26. The van der Waals surface area contributed by atoms with Crippen LogP contribution in [0, 0.1) is 5.92 Å². The molecule has 4 aromatic heterocycles. The van der Waals surface area contributed by atoms with Crippen LogP contribution in [0.15, 0.2) is 84.7 Å². The second-order valence-corrected chi connectivity index (χ2v) is 10.6. The SMILES string of the molecule is C[C@H]1C=CC(CN2CCC(F)(F)C2)=CC(c2ccc3[nH]nc(-c4nc5c(-c6ccncc6)cccc5[nH]4)c3n2)=C1. The van der Waals surface area contributed by atoms with Gasteiger partial charge in [0.15, 0.2) is 11.5 Å². The van der Waals surface area contributed by atoms with Gasteiger partial charge in [-0.15, -0.1) is 0 Å². The second kappa shape index (κ2) is 9.60. The van der Waals surface area contributed by atoms with Gasteiger partial charge in [-0.1, -0.05) is 37.3 Å². The van der Waals surface area contributed by atoms with Crippen molar-refractivity contribution in [2.75, 3.05) is 19.6 Å². The number of hydrogen-bond acceptors (Lipinski definition) is 5. The number of aromatic nitrogens is 6. The average molecular weight is 536 g/mol. The summed E-state index contributed by atoms with van der Waals surface area (Å²) < 4.78 is 27.6. The van der Waals surface area contributed by atoms with Crippen molar-refractivity contribution < 1.29 is 8.78 Å². The Morgan fingerprint density at radius 1 is 1.02 bits per heavy atom. The first-order valence-electron chi connectivity index (χ1n) is 13.4. The van der Waals surface area contributed by atoms with Crippen molar-refractivity contribution >= 4 is 27.6 Å². The van der Waals surface area contributed by atoms with Crippen LogP contribution in [-0.4, -0.2) is 60.6 Å². The van der Waals surface area contributed by atoms with Gasteiger partial charge in [0.1, 0.15) is 5.52 Å². The lowest BCUT2D eigenvalue weighted by molar-refractivity contribution is 0.0131. The molecule has 1 aliphatic carbocycles. The van der Waals surface area contributed by atoms with Crippen LogP contribution in [0.1, 0.15) is 19.0 Å². The molecular formula is C31H27F2N7. The highest BCUT2D eigenvalue weighted by Gasteiger charge is 2.38. The summed E-state index contributed by atoms with van der Waals surface area (Å²) in [5, 5.41) is 7.65. The Morgan fingerprint density at radius 3 is 2.73 bits per heavy atom. The Morgan fingerprint density at radius 2 is 1.90 bits per heavy atom. The fraction of sp³-hybridized carbons (Fsp3) is 0.226. The molecular weight excluding hydrogens is 508 g/mol. The van der Waals surface area contributed by atoms with Crippen molar-refractivity contribution in [2.45, 2.75) is 19.3 Å². The zero-order chi connectivity index (χ0) is 27.3. The fourth-order valence-corrected chi connectivity index (χ4v) is 5.50. The molecule has 0 saturated carbocycles. The molecule has 0 radical (unpaired) electrons. The number of alkyl halides is 2. The van der Waals surface area contributed by atoms with E-state index in [4.69, 9.17) is 9.97 Å². The van der Waals surface area contributed by atoms with E-state index in [1.165, 1.54) is 0 Å². The number of aromatic amines is 2. The molecule has 0 bridgehead atoms. The maximum absolute atomic E-state index is 13.8. The minimum absolute atomic E-state index is 0.0869. The third kappa shape index (κ3) is 4.62. The Bertz CT molecular complexity index is 1810. The van der Waals surface area contributed by atoms with Crippen LogP contribution in [0.2, 0.25) is 0 Å². The molecule has 0 amide bonds. The number of rotatable bonds is 5. The number of benzene rings is 1. The van der Waals surface area contributed by atoms with Gasteiger partial charge in [0.2, 0.25) is 0 Å². The summed E-state index contributed by atoms with van der Waals surface area (Å²) in [6.07, 6.45) is 11.8. The maximum Gasteiger partial charge on any atom is 0.261 e. The second-order valence-electron chi connectivity index (χ2n) is 10.6. The quantitative estimate of drug-likeness (QED) is 0.271. The van der Waals surface area contributed by atoms with Crippen LogP contribution >= 0.6 is 0 Å². The van der Waals surface area contributed by atoms with Gasteiger partial charge >= 0.3 is 0 Å². The molecule has 1 fully saturated rings. The number of pyridine rings is 2. The lowest BCUT2D eigenvalue weighted by Gasteiger charge is -2.16. The zero-order valence-electron chi connectivity index (χ0n) is 21.9. The van der Waals surface area contributed by atoms with Gasteiger partial charge in [0, 0.05) is 37.5 Å². The molecule has 40 heavy (non-hydrogen) atoms. The number of nitrogens with zero attached hydrogens (tertiary/aromatic N) is 5. The summed E-state index contributed by atoms with van der Waals surface area (Å²) in [7, 11) is 0. The van der Waals surface area contributed by atoms with Gasteiger partial charge < -0.3 is 4.98 Å². The van der Waals surface area contributed by atoms with Crippen molar-refractivity contribution in [3.63, 3.8) is 0 Å². The number of fused-ring (bicyclic) bond motifs is 2. The van der Waals surface area contributed by atoms with E-state index in [0.29, 0.717) is 30.1 Å². The third-order valence-corrected chi connectivity index (χ3v) is 7.48. The van der Waals surface area contributed by atoms with E-state index >= 15 is 0 Å². The topological polar surface area (TPSA) is 86.4 Å². The van der Waals surface area contributed by atoms with Crippen molar-refractivity contribution in [1.82, 2.24) is 35.0 Å². The summed E-state index contributed by atoms with van der Waals surface area (Å²) in [6, 6.07) is 13.9. The van der Waals surface area contributed by atoms with Gasteiger partial charge in [-0.3, -0.25) is 15.0 Å². The van der Waals surface area contributed by atoms with E-state index in [1.807, 2.05) is 53.4 Å². The molecule has 200 valence electrons. The van der Waals surface area contributed by atoms with Gasteiger partial charge in [-0.2, -0.15) is 5.10 Å². The highest BCUT2D eigenvalue weighted by Crippen LogP contribution is 2.33. The maximum atomic E-state index is 13.8. The van der Waals surface area contributed by atoms with E-state index in [-0.39, 0.29) is 18.9 Å². The Labute approximate surface area is 229 Å². The lowest BCUT2D eigenvalue weighted by atomic mass is 10.0. The van der Waals surface area contributed by atoms with Gasteiger partial charge in [0.05, 0.1) is 28.8 Å². The van der Waals surface area contributed by atoms with Crippen LogP contribution in [-0.2, 0) is 0 Å². The fourth-order valence-electron chi connectivity index (χ4n) is 5.50. The van der Waals surface area contributed by atoms with Gasteiger partial charge in [0.25, 0.3) is 5.92 Å². The number of nitrogens with one attached hydrogen (secondary N) is 2. The summed E-state index contributed by atoms with van der Waals surface area (Å²) in [5.74, 6) is -1.81. The molecule has 9 heteroatoms. The number of hydrogen-bond donors (Lipinski definition) is 2. The summed E-state index contributed by atoms with van der Waals surface area (Å²) >= 11 is 0. The van der Waals surface area contributed by atoms with E-state index < -0.39 is 5.92 Å². The first-order chi connectivity index (χ1) is 19.4. The minimum atomic E-state index is -2.61. The van der Waals surface area contributed by atoms with Crippen LogP contribution in [0.5, 0.6) is 0 Å². The van der Waals surface area contributed by atoms with Crippen LogP contribution in [0.25, 0.3) is 50.3 Å². The molecule has 0 spiro atoms. The van der Waals surface area contributed by atoms with E-state index in [9.17, 15) is 8.78 Å². The van der Waals surface area contributed by atoms with Gasteiger partial charge in [-0.05, 0) is 59.0 Å². The standard InChI is InChI=1S/C31H27F2N7/c1-19-5-6-20(17-40-14-11-31(32,33)18-40)16-22(15-19)24-7-8-26-28(35-24)29(39-38-26)30-36-25-4-2-3-23(27(25)37-30)21-9-12-34-13-10-21/h2-10,12-13,15-16,19H,11,14,17-18H2,1H3,(H,36,37)(H,38,39)/t19-/m0/s1. The predicted molar refractivity (Wildman–Crippen MR) is 153 cm³/mol. The van der Waals surface area contributed by atoms with Crippen molar-refractivity contribution in [3.05, 3.63) is 90.4 Å². The number of likely N-dealkylation sites (tertiary alicyclic amines) is 1. The third-order valence-electron chi connectivity index (χ3n) is 7.48. The first kappa shape index (κ1) is 24.5. The van der Waals surface area contributed by atoms with E-state index in [2.05, 4.69) is 45.3 Å². The van der Waals surface area contributed by atoms with Crippen LogP contribution in [0.4, 0.5) is 8.78 Å². The minimum Gasteiger partial charge on any atom is -0.336 e. The average Bonchev–Trinajstić information content (AvgIpc) is 3.63. The number of imidazole rings is 1. The summed E-state index contributed by atoms with van der Waals surface area (Å²) in [5.41, 5.74) is 8.69. The molecule has 0 unspecified atom stereocenters. The number of para-hydroxylation sites is 1. The molecule has 2 N–H and O–H groups in total. The molecule has 1 aliphatic heterocycles. The van der Waals surface area contributed by atoms with Crippen molar-refractivity contribution in [1.29, 1.82) is 0 Å². The molecule has 7 rings (SSSR count). The molecule has 7 nitrogen and oxygen atoms in total. The number of H-pyrrole nitrogens is 2. The monoisotopic (exact) mass is 535 g/mol. The summed E-state index contributed by atoms with van der Waals surface area (Å²) in [6.45, 7) is 2.79. The molecule has 1 saturated heterocycles. The van der Waals surface area contributed by atoms with E-state index in [0.717, 1.165) is 44.5 Å². The highest BCUT2D eigenvalue weighted by atomic mass is 19.3. The first-order valence-corrected chi connectivity index (χ1v) is 13.4. The smallest absolute Gasteiger partial charge is 0.261 e. The number of halogens is 2. The van der Waals surface area contributed by atoms with Crippen LogP contribution in [0.3, 0.4) is 0 Å². The largest absolute Gasteiger partial charge is 0.336 e. The Kier molecular flexibility index (Phi) is 5.89. The molecule has 5 aromatic rings. The van der Waals surface area contributed by atoms with E-state index in [1.54, 1.807) is 12.4 Å². The van der Waals surface area contributed by atoms with Crippen molar-refractivity contribution in [3.8, 4) is 22.6 Å². The normalized spacial score (nSPS) is 19.2. The van der Waals surface area contributed by atoms with Crippen LogP contribution < -0.4 is 0 Å². The Hall–Kier alpha value is -4.50. The summed E-state index contributed by atoms with van der Waals surface area (Å²) in [4.78, 5) is 19.3. The molecule has 1 atom stereocenters. The molecule has 2 aliphatic rings. The predicted octanol–water partition coefficient (Wildman–Crippen LogP) is 6.42. The number of allylic oxidation sites excluding steroid dienone is 4. The van der Waals surface area contributed by atoms with Gasteiger partial charge in [-0.25, -0.2) is 18.7 Å². The molecule has 5 heterocycles. The zero-order valence-corrected chi connectivity index (χ0v) is 21.9. The lowest BCUT2D eigenvalue weighted by Crippen LogP contribution is -2.26. The highest BCUT2D eigenvalue weighted by molar-refractivity contribution is 5.96. The molecule has 1 aromatic carbocycles.